The Morgan fingerprint density at radius 3 is 2.39 bits per heavy atom. The number of ether oxygens (including phenoxy) is 3. The van der Waals surface area contributed by atoms with E-state index in [9.17, 15) is 5.11 Å². The molecule has 0 spiro atoms. The molecule has 0 atom stereocenters. The van der Waals surface area contributed by atoms with E-state index in [1.54, 1.807) is 26.4 Å². The lowest BCUT2D eigenvalue weighted by atomic mass is 10.00. The molecule has 0 fully saturated rings. The second-order valence-electron chi connectivity index (χ2n) is 6.36. The summed E-state index contributed by atoms with van der Waals surface area (Å²) in [6, 6.07) is 9.05. The fourth-order valence-electron chi connectivity index (χ4n) is 3.43. The quantitative estimate of drug-likeness (QED) is 0.540. The highest BCUT2D eigenvalue weighted by atomic mass is 16.5. The summed E-state index contributed by atoms with van der Waals surface area (Å²) >= 11 is 0. The highest BCUT2D eigenvalue weighted by Crippen LogP contribution is 2.41. The van der Waals surface area contributed by atoms with Crippen molar-refractivity contribution in [2.45, 2.75) is 13.8 Å². The molecule has 2 heterocycles. The van der Waals surface area contributed by atoms with Gasteiger partial charge < -0.3 is 19.3 Å². The number of rotatable bonds is 5. The number of hydrogen-bond donors (Lipinski definition) is 2. The lowest BCUT2D eigenvalue weighted by Crippen LogP contribution is -1.95. The summed E-state index contributed by atoms with van der Waals surface area (Å²) in [5.41, 5.74) is 3.07. The molecule has 7 nitrogen and oxygen atoms in total. The number of nitrogens with zero attached hydrogens (tertiary/aromatic N) is 2. The van der Waals surface area contributed by atoms with Crippen LogP contribution in [0.3, 0.4) is 0 Å². The van der Waals surface area contributed by atoms with E-state index in [1.807, 2.05) is 32.0 Å². The number of fused-ring (bicyclic) bond motifs is 3. The first-order valence-corrected chi connectivity index (χ1v) is 8.94. The molecule has 4 aromatic rings. The zero-order chi connectivity index (χ0) is 19.8. The standard InChI is InChI=1S/C21H21N3O4/c1-5-28-16-8-12(6-7-15(16)25)20-14-10-18(27-4)17(26-3)9-13(14)19-11(2)23-24-21(19)22-20/h6-10,25H,5H2,1-4H3,(H,22,23,24). The van der Waals surface area contributed by atoms with Crippen molar-refractivity contribution in [2.75, 3.05) is 20.8 Å². The van der Waals surface area contributed by atoms with Crippen LogP contribution in [0.25, 0.3) is 33.1 Å². The Labute approximate surface area is 161 Å². The normalized spacial score (nSPS) is 11.1. The Morgan fingerprint density at radius 1 is 1.00 bits per heavy atom. The summed E-state index contributed by atoms with van der Waals surface area (Å²) in [5, 5.41) is 20.1. The number of aromatic hydroxyl groups is 1. The molecule has 2 N–H and O–H groups in total. The number of aromatic amines is 1. The van der Waals surface area contributed by atoms with Crippen molar-refractivity contribution in [3.8, 4) is 34.3 Å². The van der Waals surface area contributed by atoms with Gasteiger partial charge in [0.15, 0.2) is 28.6 Å². The van der Waals surface area contributed by atoms with Gasteiger partial charge in [0.2, 0.25) is 0 Å². The number of phenols is 1. The van der Waals surface area contributed by atoms with E-state index < -0.39 is 0 Å². The smallest absolute Gasteiger partial charge is 0.161 e. The van der Waals surface area contributed by atoms with Gasteiger partial charge in [-0.3, -0.25) is 5.10 Å². The van der Waals surface area contributed by atoms with Gasteiger partial charge in [-0.1, -0.05) is 0 Å². The molecule has 0 radical (unpaired) electrons. The van der Waals surface area contributed by atoms with Gasteiger partial charge in [0.1, 0.15) is 0 Å². The maximum absolute atomic E-state index is 10.1. The summed E-state index contributed by atoms with van der Waals surface area (Å²) in [4.78, 5) is 4.80. The molecular weight excluding hydrogens is 358 g/mol. The molecule has 0 bridgehead atoms. The van der Waals surface area contributed by atoms with Gasteiger partial charge >= 0.3 is 0 Å². The minimum absolute atomic E-state index is 0.0904. The summed E-state index contributed by atoms with van der Waals surface area (Å²) < 4.78 is 16.5. The Hall–Kier alpha value is -3.48. The van der Waals surface area contributed by atoms with Gasteiger partial charge in [0.05, 0.1) is 32.2 Å². The van der Waals surface area contributed by atoms with E-state index in [4.69, 9.17) is 19.2 Å². The summed E-state index contributed by atoms with van der Waals surface area (Å²) in [6.07, 6.45) is 0. The van der Waals surface area contributed by atoms with E-state index >= 15 is 0 Å². The van der Waals surface area contributed by atoms with E-state index in [1.165, 1.54) is 0 Å². The van der Waals surface area contributed by atoms with Gasteiger partial charge in [-0.25, -0.2) is 4.98 Å². The molecule has 28 heavy (non-hydrogen) atoms. The lowest BCUT2D eigenvalue weighted by Gasteiger charge is -2.14. The minimum Gasteiger partial charge on any atom is -0.504 e. The molecule has 0 saturated heterocycles. The largest absolute Gasteiger partial charge is 0.504 e. The Balaban J connectivity index is 2.09. The van der Waals surface area contributed by atoms with Crippen molar-refractivity contribution in [1.29, 1.82) is 0 Å². The number of benzene rings is 2. The van der Waals surface area contributed by atoms with Crippen molar-refractivity contribution >= 4 is 21.8 Å². The summed E-state index contributed by atoms with van der Waals surface area (Å²) in [7, 11) is 3.21. The molecular formula is C21H21N3O4. The highest BCUT2D eigenvalue weighted by molar-refractivity contribution is 6.12. The zero-order valence-corrected chi connectivity index (χ0v) is 16.2. The van der Waals surface area contributed by atoms with Gasteiger partial charge in [0.25, 0.3) is 0 Å². The van der Waals surface area contributed by atoms with Gasteiger partial charge in [0, 0.05) is 21.7 Å². The number of aromatic nitrogens is 3. The van der Waals surface area contributed by atoms with Crippen molar-refractivity contribution in [3.05, 3.63) is 36.0 Å². The maximum Gasteiger partial charge on any atom is 0.161 e. The van der Waals surface area contributed by atoms with Gasteiger partial charge in [-0.15, -0.1) is 0 Å². The highest BCUT2D eigenvalue weighted by Gasteiger charge is 2.18. The number of H-pyrrole nitrogens is 1. The lowest BCUT2D eigenvalue weighted by molar-refractivity contribution is 0.318. The predicted octanol–water partition coefficient (Wildman–Crippen LogP) is 4.21. The number of phenolic OH excluding ortho intramolecular Hbond substituents is 1. The number of nitrogens with one attached hydrogen (secondary N) is 1. The van der Waals surface area contributed by atoms with Crippen LogP contribution < -0.4 is 14.2 Å². The SMILES string of the molecule is CCOc1cc(-c2nc3[nH]nc(C)c3c3cc(OC)c(OC)cc23)ccc1O. The van der Waals surface area contributed by atoms with E-state index in [-0.39, 0.29) is 5.75 Å². The van der Waals surface area contributed by atoms with Crippen molar-refractivity contribution in [2.24, 2.45) is 0 Å². The second-order valence-corrected chi connectivity index (χ2v) is 6.36. The third-order valence-electron chi connectivity index (χ3n) is 4.73. The number of hydrogen-bond acceptors (Lipinski definition) is 6. The molecule has 0 amide bonds. The molecule has 0 saturated carbocycles. The fourth-order valence-corrected chi connectivity index (χ4v) is 3.43. The molecule has 7 heteroatoms. The molecule has 4 rings (SSSR count). The van der Waals surface area contributed by atoms with Crippen LogP contribution in [-0.4, -0.2) is 41.1 Å². The second kappa shape index (κ2) is 6.92. The number of pyridine rings is 1. The molecule has 0 aliphatic heterocycles. The fraction of sp³-hybridized carbons (Fsp3) is 0.238. The van der Waals surface area contributed by atoms with Crippen LogP contribution in [0.15, 0.2) is 30.3 Å². The van der Waals surface area contributed by atoms with E-state index in [0.717, 1.165) is 33.1 Å². The molecule has 0 aliphatic rings. The molecule has 2 aromatic carbocycles. The van der Waals surface area contributed by atoms with E-state index in [2.05, 4.69) is 10.2 Å². The predicted molar refractivity (Wildman–Crippen MR) is 108 cm³/mol. The van der Waals surface area contributed by atoms with Crippen LogP contribution in [0.5, 0.6) is 23.0 Å². The third-order valence-corrected chi connectivity index (χ3v) is 4.73. The average molecular weight is 379 g/mol. The first kappa shape index (κ1) is 17.9. The van der Waals surface area contributed by atoms with Crippen LogP contribution >= 0.6 is 0 Å². The summed E-state index contributed by atoms with van der Waals surface area (Å²) in [6.45, 7) is 4.26. The van der Waals surface area contributed by atoms with Gasteiger partial charge in [-0.2, -0.15) is 5.10 Å². The molecule has 0 aliphatic carbocycles. The first-order chi connectivity index (χ1) is 13.6. The van der Waals surface area contributed by atoms with Crippen molar-refractivity contribution < 1.29 is 19.3 Å². The maximum atomic E-state index is 10.1. The van der Waals surface area contributed by atoms with Crippen LogP contribution in [0, 0.1) is 6.92 Å². The minimum atomic E-state index is 0.0904. The van der Waals surface area contributed by atoms with E-state index in [0.29, 0.717) is 29.5 Å². The summed E-state index contributed by atoms with van der Waals surface area (Å²) in [5.74, 6) is 1.75. The van der Waals surface area contributed by atoms with Crippen LogP contribution in [-0.2, 0) is 0 Å². The third kappa shape index (κ3) is 2.76. The average Bonchev–Trinajstić information content (AvgIpc) is 3.09. The van der Waals surface area contributed by atoms with Crippen molar-refractivity contribution in [3.63, 3.8) is 0 Å². The molecule has 144 valence electrons. The first-order valence-electron chi connectivity index (χ1n) is 8.94. The zero-order valence-electron chi connectivity index (χ0n) is 16.2. The Morgan fingerprint density at radius 2 is 1.71 bits per heavy atom. The van der Waals surface area contributed by atoms with Crippen LogP contribution in [0.4, 0.5) is 0 Å². The number of methoxy groups -OCH3 is 2. The molecule has 0 unspecified atom stereocenters. The Kier molecular flexibility index (Phi) is 4.43. The van der Waals surface area contributed by atoms with Crippen LogP contribution in [0.1, 0.15) is 12.6 Å². The van der Waals surface area contributed by atoms with Gasteiger partial charge in [-0.05, 0) is 44.2 Å². The number of aryl methyl sites for hydroxylation is 1. The monoisotopic (exact) mass is 379 g/mol. The van der Waals surface area contributed by atoms with Crippen LogP contribution in [0.2, 0.25) is 0 Å². The Bertz CT molecular complexity index is 1180. The molecule has 2 aromatic heterocycles. The van der Waals surface area contributed by atoms with Crippen molar-refractivity contribution in [1.82, 2.24) is 15.2 Å². The topological polar surface area (TPSA) is 89.5 Å².